The topological polar surface area (TPSA) is 51.2 Å². The molecule has 0 aliphatic heterocycles. The van der Waals surface area contributed by atoms with Gasteiger partial charge in [-0.05, 0) is 49.7 Å². The average molecular weight is 343 g/mol. The van der Waals surface area contributed by atoms with Gasteiger partial charge in [-0.3, -0.25) is 4.40 Å². The number of halogens is 1. The van der Waals surface area contributed by atoms with Crippen molar-refractivity contribution in [2.75, 3.05) is 6.61 Å². The summed E-state index contributed by atoms with van der Waals surface area (Å²) in [6, 6.07) is 11.2. The smallest absolute Gasteiger partial charge is 0.182 e. The van der Waals surface area contributed by atoms with Crippen LogP contribution in [-0.2, 0) is 0 Å². The lowest BCUT2D eigenvalue weighted by molar-refractivity contribution is 0.309. The number of unbranched alkanes of at least 4 members (excludes halogenated alkanes) is 1. The molecule has 0 radical (unpaired) electrons. The summed E-state index contributed by atoms with van der Waals surface area (Å²) >= 11 is 6.05. The average Bonchev–Trinajstić information content (AvgIpc) is 2.89. The molecule has 0 unspecified atom stereocenters. The van der Waals surface area contributed by atoms with Crippen LogP contribution >= 0.6 is 11.6 Å². The van der Waals surface area contributed by atoms with Gasteiger partial charge in [-0.1, -0.05) is 24.9 Å². The van der Waals surface area contributed by atoms with Gasteiger partial charge >= 0.3 is 0 Å². The molecule has 2 heterocycles. The Morgan fingerprint density at radius 2 is 1.92 bits per heavy atom. The number of azo groups is 1. The second-order valence-electron chi connectivity index (χ2n) is 5.49. The summed E-state index contributed by atoms with van der Waals surface area (Å²) in [5.41, 5.74) is 2.36. The third kappa shape index (κ3) is 3.74. The number of benzene rings is 1. The van der Waals surface area contributed by atoms with Crippen LogP contribution in [0.4, 0.5) is 11.5 Å². The highest BCUT2D eigenvalue weighted by Crippen LogP contribution is 2.26. The molecular formula is C18H19ClN4O. The van der Waals surface area contributed by atoms with Gasteiger partial charge in [0.15, 0.2) is 5.82 Å². The first kappa shape index (κ1) is 16.5. The van der Waals surface area contributed by atoms with Crippen LogP contribution < -0.4 is 4.74 Å². The summed E-state index contributed by atoms with van der Waals surface area (Å²) in [6.07, 6.45) is 3.96. The SMILES string of the molecule is CCCCOc1ccc(N=Nc2c(C)nc3ccc(Cl)cn23)cc1. The van der Waals surface area contributed by atoms with Gasteiger partial charge in [0.25, 0.3) is 0 Å². The molecule has 0 N–H and O–H groups in total. The van der Waals surface area contributed by atoms with Gasteiger partial charge in [0.1, 0.15) is 11.4 Å². The first-order valence-electron chi connectivity index (χ1n) is 7.96. The van der Waals surface area contributed by atoms with E-state index in [1.165, 1.54) is 0 Å². The Hall–Kier alpha value is -2.40. The van der Waals surface area contributed by atoms with Crippen LogP contribution in [0.15, 0.2) is 52.8 Å². The molecule has 0 amide bonds. The lowest BCUT2D eigenvalue weighted by atomic mass is 10.3. The summed E-state index contributed by atoms with van der Waals surface area (Å²) in [7, 11) is 0. The Labute approximate surface area is 146 Å². The molecule has 0 spiro atoms. The largest absolute Gasteiger partial charge is 0.494 e. The molecule has 124 valence electrons. The summed E-state index contributed by atoms with van der Waals surface area (Å²) in [5, 5.41) is 9.26. The Balaban J connectivity index is 1.78. The number of hydrogen-bond acceptors (Lipinski definition) is 4. The minimum absolute atomic E-state index is 0.630. The molecule has 0 atom stereocenters. The minimum Gasteiger partial charge on any atom is -0.494 e. The molecule has 24 heavy (non-hydrogen) atoms. The number of hydrogen-bond donors (Lipinski definition) is 0. The summed E-state index contributed by atoms with van der Waals surface area (Å²) in [4.78, 5) is 4.45. The Bertz CT molecular complexity index is 855. The highest BCUT2D eigenvalue weighted by Gasteiger charge is 2.08. The van der Waals surface area contributed by atoms with E-state index in [1.54, 1.807) is 6.20 Å². The van der Waals surface area contributed by atoms with Crippen molar-refractivity contribution in [2.45, 2.75) is 26.7 Å². The second-order valence-corrected chi connectivity index (χ2v) is 5.93. The molecule has 1 aromatic carbocycles. The zero-order valence-electron chi connectivity index (χ0n) is 13.7. The lowest BCUT2D eigenvalue weighted by Gasteiger charge is -2.04. The predicted molar refractivity (Wildman–Crippen MR) is 96.0 cm³/mol. The first-order chi connectivity index (χ1) is 11.7. The number of aryl methyl sites for hydroxylation is 1. The molecule has 0 saturated heterocycles. The van der Waals surface area contributed by atoms with Crippen LogP contribution in [0.25, 0.3) is 5.65 Å². The van der Waals surface area contributed by atoms with Crippen molar-refractivity contribution in [2.24, 2.45) is 10.2 Å². The number of aromatic nitrogens is 2. The van der Waals surface area contributed by atoms with Crippen LogP contribution in [0, 0.1) is 6.92 Å². The number of imidazole rings is 1. The van der Waals surface area contributed by atoms with E-state index in [9.17, 15) is 0 Å². The maximum atomic E-state index is 6.05. The minimum atomic E-state index is 0.630. The molecule has 2 aromatic heterocycles. The van der Waals surface area contributed by atoms with Gasteiger partial charge in [-0.25, -0.2) is 4.98 Å². The molecule has 0 aliphatic carbocycles. The number of nitrogens with zero attached hydrogens (tertiary/aromatic N) is 4. The Morgan fingerprint density at radius 3 is 2.67 bits per heavy atom. The van der Waals surface area contributed by atoms with E-state index < -0.39 is 0 Å². The van der Waals surface area contributed by atoms with E-state index >= 15 is 0 Å². The van der Waals surface area contributed by atoms with E-state index in [0.717, 1.165) is 42.2 Å². The molecular weight excluding hydrogens is 324 g/mol. The second kappa shape index (κ2) is 7.45. The zero-order chi connectivity index (χ0) is 16.9. The van der Waals surface area contributed by atoms with E-state index in [4.69, 9.17) is 16.3 Å². The van der Waals surface area contributed by atoms with Crippen LogP contribution in [-0.4, -0.2) is 16.0 Å². The van der Waals surface area contributed by atoms with Crippen LogP contribution in [0.3, 0.4) is 0 Å². The normalized spacial score (nSPS) is 11.5. The van der Waals surface area contributed by atoms with Crippen molar-refractivity contribution in [3.63, 3.8) is 0 Å². The van der Waals surface area contributed by atoms with Crippen molar-refractivity contribution in [3.8, 4) is 5.75 Å². The summed E-state index contributed by atoms with van der Waals surface area (Å²) in [5.74, 6) is 1.52. The first-order valence-corrected chi connectivity index (χ1v) is 8.34. The van der Waals surface area contributed by atoms with Crippen molar-refractivity contribution in [1.29, 1.82) is 0 Å². The highest BCUT2D eigenvalue weighted by atomic mass is 35.5. The number of pyridine rings is 1. The monoisotopic (exact) mass is 342 g/mol. The fourth-order valence-electron chi connectivity index (χ4n) is 2.29. The molecule has 6 heteroatoms. The molecule has 3 rings (SSSR count). The van der Waals surface area contributed by atoms with E-state index in [-0.39, 0.29) is 0 Å². The lowest BCUT2D eigenvalue weighted by Crippen LogP contribution is -1.95. The zero-order valence-corrected chi connectivity index (χ0v) is 14.5. The third-order valence-corrected chi connectivity index (χ3v) is 3.81. The Morgan fingerprint density at radius 1 is 1.12 bits per heavy atom. The van der Waals surface area contributed by atoms with E-state index in [2.05, 4.69) is 22.1 Å². The van der Waals surface area contributed by atoms with Crippen molar-refractivity contribution in [1.82, 2.24) is 9.38 Å². The number of rotatable bonds is 6. The van der Waals surface area contributed by atoms with Crippen molar-refractivity contribution >= 4 is 28.8 Å². The van der Waals surface area contributed by atoms with Gasteiger partial charge in [0.05, 0.1) is 23.0 Å². The van der Waals surface area contributed by atoms with E-state index in [1.807, 2.05) is 47.7 Å². The number of ether oxygens (including phenoxy) is 1. The fourth-order valence-corrected chi connectivity index (χ4v) is 2.45. The fraction of sp³-hybridized carbons (Fsp3) is 0.278. The third-order valence-electron chi connectivity index (χ3n) is 3.59. The van der Waals surface area contributed by atoms with Gasteiger partial charge < -0.3 is 4.74 Å². The molecule has 0 fully saturated rings. The standard InChI is InChI=1S/C18H19ClN4O/c1-3-4-11-24-16-8-6-15(7-9-16)21-22-18-13(2)20-17-10-5-14(19)12-23(17)18/h5-10,12H,3-4,11H2,1-2H3. The molecule has 0 saturated carbocycles. The number of fused-ring (bicyclic) bond motifs is 1. The van der Waals surface area contributed by atoms with Gasteiger partial charge in [0, 0.05) is 6.20 Å². The molecule has 0 bridgehead atoms. The maximum Gasteiger partial charge on any atom is 0.182 e. The van der Waals surface area contributed by atoms with E-state index in [0.29, 0.717) is 10.8 Å². The maximum absolute atomic E-state index is 6.05. The van der Waals surface area contributed by atoms with Crippen LogP contribution in [0.1, 0.15) is 25.5 Å². The van der Waals surface area contributed by atoms with Gasteiger partial charge in [-0.15, -0.1) is 10.2 Å². The van der Waals surface area contributed by atoms with Crippen molar-refractivity contribution < 1.29 is 4.74 Å². The molecule has 0 aliphatic rings. The van der Waals surface area contributed by atoms with Gasteiger partial charge in [0.2, 0.25) is 0 Å². The quantitative estimate of drug-likeness (QED) is 0.414. The highest BCUT2D eigenvalue weighted by molar-refractivity contribution is 6.30. The molecule has 5 nitrogen and oxygen atoms in total. The Kier molecular flexibility index (Phi) is 5.11. The van der Waals surface area contributed by atoms with Crippen molar-refractivity contribution in [3.05, 3.63) is 53.3 Å². The summed E-state index contributed by atoms with van der Waals surface area (Å²) < 4.78 is 7.48. The summed E-state index contributed by atoms with van der Waals surface area (Å²) in [6.45, 7) is 4.78. The van der Waals surface area contributed by atoms with Crippen LogP contribution in [0.5, 0.6) is 5.75 Å². The molecule has 3 aromatic rings. The van der Waals surface area contributed by atoms with Crippen LogP contribution in [0.2, 0.25) is 5.02 Å². The predicted octanol–water partition coefficient (Wildman–Crippen LogP) is 5.89. The van der Waals surface area contributed by atoms with Gasteiger partial charge in [-0.2, -0.15) is 0 Å².